The van der Waals surface area contributed by atoms with E-state index in [1.807, 2.05) is 4.67 Å². The Kier molecular flexibility index (Phi) is 7.44. The Morgan fingerprint density at radius 3 is 1.93 bits per heavy atom. The maximum absolute atomic E-state index is 12.3. The highest BCUT2D eigenvalue weighted by molar-refractivity contribution is 7.13. The first-order valence-electron chi connectivity index (χ1n) is 9.49. The summed E-state index contributed by atoms with van der Waals surface area (Å²) in [7, 11) is 2.52. The molecule has 1 saturated heterocycles. The molecule has 8 heteroatoms. The number of hydrogen-bond acceptors (Lipinski definition) is 7. The zero-order valence-electron chi connectivity index (χ0n) is 16.3. The van der Waals surface area contributed by atoms with Crippen LogP contribution in [0, 0.1) is 0 Å². The minimum atomic E-state index is -0.374. The maximum atomic E-state index is 12.3. The molecule has 0 spiro atoms. The zero-order chi connectivity index (χ0) is 21.5. The highest BCUT2D eigenvalue weighted by atomic mass is 31.0. The van der Waals surface area contributed by atoms with Gasteiger partial charge in [-0.25, -0.2) is 0 Å². The Morgan fingerprint density at radius 1 is 0.933 bits per heavy atom. The molecule has 1 aliphatic rings. The van der Waals surface area contributed by atoms with Gasteiger partial charge in [-0.1, -0.05) is 57.9 Å². The predicted molar refractivity (Wildman–Crippen MR) is 113 cm³/mol. The van der Waals surface area contributed by atoms with Gasteiger partial charge in [0, 0.05) is 17.7 Å². The van der Waals surface area contributed by atoms with Crippen molar-refractivity contribution in [3.63, 3.8) is 0 Å². The third-order valence-electron chi connectivity index (χ3n) is 4.94. The van der Waals surface area contributed by atoms with E-state index in [0.717, 1.165) is 30.5 Å². The van der Waals surface area contributed by atoms with Crippen LogP contribution in [0.2, 0.25) is 0 Å². The highest BCUT2D eigenvalue weighted by Crippen LogP contribution is 2.23. The maximum Gasteiger partial charge on any atom is 0.324 e. The molecule has 3 rings (SSSR count). The van der Waals surface area contributed by atoms with Crippen molar-refractivity contribution in [1.82, 2.24) is 4.67 Å². The van der Waals surface area contributed by atoms with Crippen LogP contribution in [0.3, 0.4) is 0 Å². The van der Waals surface area contributed by atoms with Crippen molar-refractivity contribution in [3.05, 3.63) is 59.7 Å². The standard InChI is InChI=1S/C22H22NO6P/c24-14-28-12-20(25)17-7-3-15(4-8-17)16-5-9-18(10-6-16)21(26)13-29-22(27)19-2-1-11-23(19)30/h3-10,14,19H,1-2,11-13,30H2. The lowest BCUT2D eigenvalue weighted by Gasteiger charge is -2.17. The summed E-state index contributed by atoms with van der Waals surface area (Å²) in [4.78, 5) is 46.4. The lowest BCUT2D eigenvalue weighted by atomic mass is 10.0. The van der Waals surface area contributed by atoms with Gasteiger partial charge in [-0.2, -0.15) is 0 Å². The summed E-state index contributed by atoms with van der Waals surface area (Å²) >= 11 is 0. The number of ketones is 2. The average molecular weight is 427 g/mol. The van der Waals surface area contributed by atoms with Gasteiger partial charge in [-0.3, -0.25) is 23.8 Å². The quantitative estimate of drug-likeness (QED) is 0.263. The molecular formula is C22H22NO6P. The molecule has 0 aromatic heterocycles. The lowest BCUT2D eigenvalue weighted by Crippen LogP contribution is -2.32. The first kappa shape index (κ1) is 21.8. The van der Waals surface area contributed by atoms with Crippen LogP contribution in [0.25, 0.3) is 11.1 Å². The van der Waals surface area contributed by atoms with Crippen LogP contribution in [-0.2, 0) is 19.1 Å². The van der Waals surface area contributed by atoms with Crippen molar-refractivity contribution in [2.75, 3.05) is 19.8 Å². The Balaban J connectivity index is 1.57. The van der Waals surface area contributed by atoms with Crippen LogP contribution >= 0.6 is 9.39 Å². The monoisotopic (exact) mass is 427 g/mol. The van der Waals surface area contributed by atoms with E-state index in [1.54, 1.807) is 48.5 Å². The van der Waals surface area contributed by atoms with E-state index in [1.165, 1.54) is 0 Å². The van der Waals surface area contributed by atoms with E-state index in [4.69, 9.17) is 4.74 Å². The number of hydrogen-bond donors (Lipinski definition) is 0. The summed E-state index contributed by atoms with van der Waals surface area (Å²) in [5, 5.41) is 0. The molecule has 0 bridgehead atoms. The molecule has 1 aliphatic heterocycles. The van der Waals surface area contributed by atoms with Crippen LogP contribution in [0.5, 0.6) is 0 Å². The normalized spacial score (nSPS) is 16.1. The second-order valence-electron chi connectivity index (χ2n) is 6.91. The van der Waals surface area contributed by atoms with Crippen molar-refractivity contribution in [2.24, 2.45) is 0 Å². The van der Waals surface area contributed by atoms with Gasteiger partial charge in [-0.15, -0.1) is 0 Å². The fourth-order valence-electron chi connectivity index (χ4n) is 3.25. The van der Waals surface area contributed by atoms with Crippen LogP contribution in [0.4, 0.5) is 0 Å². The third-order valence-corrected chi connectivity index (χ3v) is 5.56. The van der Waals surface area contributed by atoms with Gasteiger partial charge < -0.3 is 9.47 Å². The minimum absolute atomic E-state index is 0.238. The van der Waals surface area contributed by atoms with Gasteiger partial charge in [0.15, 0.2) is 24.8 Å². The van der Waals surface area contributed by atoms with E-state index in [9.17, 15) is 19.2 Å². The van der Waals surface area contributed by atoms with E-state index in [2.05, 4.69) is 14.1 Å². The van der Waals surface area contributed by atoms with Crippen molar-refractivity contribution >= 4 is 33.4 Å². The van der Waals surface area contributed by atoms with Crippen LogP contribution in [0.1, 0.15) is 33.6 Å². The Bertz CT molecular complexity index is 926. The average Bonchev–Trinajstić information content (AvgIpc) is 3.21. The predicted octanol–water partition coefficient (Wildman–Crippen LogP) is 2.69. The molecule has 156 valence electrons. The molecule has 1 heterocycles. The number of rotatable bonds is 9. The summed E-state index contributed by atoms with van der Waals surface area (Å²) < 4.78 is 11.5. The van der Waals surface area contributed by atoms with E-state index >= 15 is 0 Å². The second kappa shape index (κ2) is 10.2. The summed E-state index contributed by atoms with van der Waals surface area (Å²) in [6.45, 7) is 0.483. The van der Waals surface area contributed by atoms with Crippen molar-refractivity contribution in [3.8, 4) is 11.1 Å². The number of benzene rings is 2. The van der Waals surface area contributed by atoms with E-state index in [0.29, 0.717) is 11.1 Å². The fourth-order valence-corrected chi connectivity index (χ4v) is 3.70. The lowest BCUT2D eigenvalue weighted by molar-refractivity contribution is -0.146. The van der Waals surface area contributed by atoms with Crippen LogP contribution < -0.4 is 0 Å². The minimum Gasteiger partial charge on any atom is -0.459 e. The molecule has 0 aliphatic carbocycles. The second-order valence-corrected chi connectivity index (χ2v) is 7.58. The summed E-state index contributed by atoms with van der Waals surface area (Å²) in [5.74, 6) is -0.925. The Labute approximate surface area is 176 Å². The number of ether oxygens (including phenoxy) is 2. The highest BCUT2D eigenvalue weighted by Gasteiger charge is 2.29. The molecule has 0 saturated carbocycles. The fraction of sp³-hybridized carbons (Fsp3) is 0.273. The molecule has 2 unspecified atom stereocenters. The molecule has 7 nitrogen and oxygen atoms in total. The number of nitrogens with zero attached hydrogens (tertiary/aromatic N) is 1. The van der Waals surface area contributed by atoms with Gasteiger partial charge in [-0.05, 0) is 24.0 Å². The van der Waals surface area contributed by atoms with Crippen molar-refractivity contribution in [1.29, 1.82) is 0 Å². The first-order valence-corrected chi connectivity index (χ1v) is 10.0. The molecule has 30 heavy (non-hydrogen) atoms. The zero-order valence-corrected chi connectivity index (χ0v) is 17.4. The van der Waals surface area contributed by atoms with Gasteiger partial charge >= 0.3 is 5.97 Å². The van der Waals surface area contributed by atoms with E-state index in [-0.39, 0.29) is 43.3 Å². The molecule has 0 radical (unpaired) electrons. The van der Waals surface area contributed by atoms with E-state index < -0.39 is 0 Å². The molecular weight excluding hydrogens is 405 g/mol. The number of Topliss-reactive ketones (excluding diaryl/α,β-unsaturated/α-hetero) is 2. The van der Waals surface area contributed by atoms with Crippen molar-refractivity contribution in [2.45, 2.75) is 18.9 Å². The molecule has 0 amide bonds. The Hall–Kier alpha value is -2.89. The van der Waals surface area contributed by atoms with Crippen LogP contribution in [0.15, 0.2) is 48.5 Å². The summed E-state index contributed by atoms with van der Waals surface area (Å²) in [5.41, 5.74) is 2.64. The molecule has 2 aromatic carbocycles. The topological polar surface area (TPSA) is 90.0 Å². The number of carbonyl (C=O) groups excluding carboxylic acids is 4. The van der Waals surface area contributed by atoms with Gasteiger partial charge in [0.2, 0.25) is 0 Å². The molecule has 2 aromatic rings. The third kappa shape index (κ3) is 5.38. The summed E-state index contributed by atoms with van der Waals surface area (Å²) in [6, 6.07) is 13.5. The SMILES string of the molecule is O=COCC(=O)c1ccc(-c2ccc(C(=O)COC(=O)C3CCCN3P)cc2)cc1. The van der Waals surface area contributed by atoms with Gasteiger partial charge in [0.05, 0.1) is 0 Å². The number of esters is 1. The largest absolute Gasteiger partial charge is 0.459 e. The Morgan fingerprint density at radius 2 is 1.47 bits per heavy atom. The summed E-state index contributed by atoms with van der Waals surface area (Å²) in [6.07, 6.45) is 1.67. The van der Waals surface area contributed by atoms with Gasteiger partial charge in [0.1, 0.15) is 6.04 Å². The molecule has 0 N–H and O–H groups in total. The molecule has 2 atom stereocenters. The van der Waals surface area contributed by atoms with Crippen molar-refractivity contribution < 1.29 is 28.7 Å². The smallest absolute Gasteiger partial charge is 0.324 e. The number of carbonyl (C=O) groups is 4. The van der Waals surface area contributed by atoms with Gasteiger partial charge in [0.25, 0.3) is 6.47 Å². The first-order chi connectivity index (χ1) is 14.5. The molecule has 1 fully saturated rings. The van der Waals surface area contributed by atoms with Crippen LogP contribution in [-0.4, -0.2) is 54.5 Å².